The molecule has 0 atom stereocenters. The fourth-order valence-corrected chi connectivity index (χ4v) is 2.80. The summed E-state index contributed by atoms with van der Waals surface area (Å²) < 4.78 is 8.26. The number of ether oxygens (including phenoxy) is 1. The molecule has 0 aliphatic rings. The fourth-order valence-electron chi connectivity index (χ4n) is 1.85. The Morgan fingerprint density at radius 2 is 1.60 bits per heavy atom. The van der Waals surface area contributed by atoms with Crippen LogP contribution in [0.2, 0.25) is 0 Å². The van der Waals surface area contributed by atoms with Crippen molar-refractivity contribution in [3.8, 4) is 5.75 Å². The van der Waals surface area contributed by atoms with Crippen LogP contribution in [0.5, 0.6) is 5.75 Å². The Balaban J connectivity index is 2.06. The van der Waals surface area contributed by atoms with Gasteiger partial charge in [-0.25, -0.2) is 0 Å². The van der Waals surface area contributed by atoms with E-state index in [9.17, 15) is 0 Å². The van der Waals surface area contributed by atoms with Crippen molar-refractivity contribution in [1.29, 1.82) is 0 Å². The van der Waals surface area contributed by atoms with E-state index in [-0.39, 0.29) is 5.41 Å². The van der Waals surface area contributed by atoms with Crippen molar-refractivity contribution < 1.29 is 4.74 Å². The van der Waals surface area contributed by atoms with E-state index in [0.29, 0.717) is 6.61 Å². The van der Waals surface area contributed by atoms with Crippen LogP contribution in [0.25, 0.3) is 0 Å². The lowest BCUT2D eigenvalue weighted by atomic mass is 9.87. The highest BCUT2D eigenvalue weighted by Crippen LogP contribution is 2.25. The maximum absolute atomic E-state index is 5.92. The first-order valence-electron chi connectivity index (χ1n) is 6.53. The van der Waals surface area contributed by atoms with Crippen LogP contribution in [0.15, 0.2) is 42.5 Å². The Labute approximate surface area is 148 Å². The molecule has 0 saturated heterocycles. The Morgan fingerprint density at radius 3 is 2.20 bits per heavy atom. The van der Waals surface area contributed by atoms with Gasteiger partial charge in [0.05, 0.1) is 3.57 Å². The molecular formula is C17H18I2O. The van der Waals surface area contributed by atoms with Crippen molar-refractivity contribution in [1.82, 2.24) is 0 Å². The minimum atomic E-state index is 0.199. The van der Waals surface area contributed by atoms with Crippen molar-refractivity contribution in [3.63, 3.8) is 0 Å². The van der Waals surface area contributed by atoms with Gasteiger partial charge in [0.2, 0.25) is 0 Å². The maximum atomic E-state index is 5.92. The average Bonchev–Trinajstić information content (AvgIpc) is 2.39. The van der Waals surface area contributed by atoms with Gasteiger partial charge in [0.15, 0.2) is 0 Å². The largest absolute Gasteiger partial charge is 0.488 e. The lowest BCUT2D eigenvalue weighted by molar-refractivity contribution is 0.303. The van der Waals surface area contributed by atoms with Gasteiger partial charge in [-0.2, -0.15) is 0 Å². The van der Waals surface area contributed by atoms with E-state index >= 15 is 0 Å². The Bertz CT molecular complexity index is 583. The summed E-state index contributed by atoms with van der Waals surface area (Å²) in [7, 11) is 0. The molecule has 0 spiro atoms. The molecule has 20 heavy (non-hydrogen) atoms. The zero-order valence-corrected chi connectivity index (χ0v) is 16.2. The smallest absolute Gasteiger partial charge is 0.134 e. The maximum Gasteiger partial charge on any atom is 0.134 e. The van der Waals surface area contributed by atoms with Crippen molar-refractivity contribution in [2.45, 2.75) is 32.8 Å². The van der Waals surface area contributed by atoms with Gasteiger partial charge in [-0.1, -0.05) is 45.0 Å². The van der Waals surface area contributed by atoms with Crippen LogP contribution in [0.3, 0.4) is 0 Å². The summed E-state index contributed by atoms with van der Waals surface area (Å²) in [5.74, 6) is 0.956. The molecule has 2 aromatic carbocycles. The highest BCUT2D eigenvalue weighted by molar-refractivity contribution is 14.1. The molecule has 1 nitrogen and oxygen atoms in total. The zero-order chi connectivity index (χ0) is 14.8. The normalized spacial score (nSPS) is 11.4. The fraction of sp³-hybridized carbons (Fsp3) is 0.294. The van der Waals surface area contributed by atoms with Gasteiger partial charge in [0.25, 0.3) is 0 Å². The van der Waals surface area contributed by atoms with Crippen LogP contribution in [-0.4, -0.2) is 0 Å². The lowest BCUT2D eigenvalue weighted by Gasteiger charge is -2.19. The minimum absolute atomic E-state index is 0.199. The highest BCUT2D eigenvalue weighted by Gasteiger charge is 2.12. The van der Waals surface area contributed by atoms with Crippen LogP contribution in [0.1, 0.15) is 31.9 Å². The molecule has 106 valence electrons. The molecule has 0 bridgehead atoms. The number of rotatable bonds is 3. The van der Waals surface area contributed by atoms with Gasteiger partial charge in [-0.15, -0.1) is 0 Å². The van der Waals surface area contributed by atoms with E-state index < -0.39 is 0 Å². The van der Waals surface area contributed by atoms with Gasteiger partial charge in [0, 0.05) is 3.57 Å². The third-order valence-electron chi connectivity index (χ3n) is 3.11. The standard InChI is InChI=1S/C17H18I2O/c1-17(2,3)13-6-4-12(5-7-13)11-20-16-10-14(18)8-9-15(16)19/h4-10H,11H2,1-3H3. The van der Waals surface area contributed by atoms with Gasteiger partial charge < -0.3 is 4.74 Å². The number of halogens is 2. The second kappa shape index (κ2) is 6.64. The quantitative estimate of drug-likeness (QED) is 0.495. The highest BCUT2D eigenvalue weighted by atomic mass is 127. The summed E-state index contributed by atoms with van der Waals surface area (Å²) >= 11 is 4.61. The molecule has 0 radical (unpaired) electrons. The molecular weight excluding hydrogens is 474 g/mol. The van der Waals surface area contributed by atoms with Crippen LogP contribution < -0.4 is 4.74 Å². The second-order valence-corrected chi connectivity index (χ2v) is 8.22. The monoisotopic (exact) mass is 492 g/mol. The molecule has 0 heterocycles. The first-order chi connectivity index (χ1) is 9.36. The summed E-state index contributed by atoms with van der Waals surface area (Å²) in [5, 5.41) is 0. The van der Waals surface area contributed by atoms with E-state index in [1.54, 1.807) is 0 Å². The van der Waals surface area contributed by atoms with Crippen LogP contribution in [-0.2, 0) is 12.0 Å². The van der Waals surface area contributed by atoms with Crippen LogP contribution in [0, 0.1) is 7.14 Å². The molecule has 0 aliphatic heterocycles. The molecule has 0 amide bonds. The van der Waals surface area contributed by atoms with Crippen LogP contribution >= 0.6 is 45.2 Å². The third-order valence-corrected chi connectivity index (χ3v) is 4.67. The zero-order valence-electron chi connectivity index (χ0n) is 11.9. The molecule has 0 unspecified atom stereocenters. The van der Waals surface area contributed by atoms with Gasteiger partial charge in [0.1, 0.15) is 12.4 Å². The predicted molar refractivity (Wildman–Crippen MR) is 101 cm³/mol. The number of hydrogen-bond acceptors (Lipinski definition) is 1. The van der Waals surface area contributed by atoms with Crippen molar-refractivity contribution in [3.05, 3.63) is 60.7 Å². The molecule has 2 aromatic rings. The van der Waals surface area contributed by atoms with Gasteiger partial charge in [-0.05, 0) is 79.9 Å². The summed E-state index contributed by atoms with van der Waals surface area (Å²) in [6, 6.07) is 14.9. The summed E-state index contributed by atoms with van der Waals surface area (Å²) in [4.78, 5) is 0. The Hall–Kier alpha value is -0.300. The molecule has 2 rings (SSSR count). The number of hydrogen-bond donors (Lipinski definition) is 0. The molecule has 0 saturated carbocycles. The first kappa shape index (κ1) is 16.1. The van der Waals surface area contributed by atoms with Crippen molar-refractivity contribution in [2.75, 3.05) is 0 Å². The average molecular weight is 492 g/mol. The minimum Gasteiger partial charge on any atom is -0.488 e. The SMILES string of the molecule is CC(C)(C)c1ccc(COc2cc(I)ccc2I)cc1. The molecule has 0 aliphatic carbocycles. The van der Waals surface area contributed by atoms with Crippen molar-refractivity contribution in [2.24, 2.45) is 0 Å². The van der Waals surface area contributed by atoms with Crippen LogP contribution in [0.4, 0.5) is 0 Å². The first-order valence-corrected chi connectivity index (χ1v) is 8.69. The Kier molecular flexibility index (Phi) is 5.34. The Morgan fingerprint density at radius 1 is 0.950 bits per heavy atom. The lowest BCUT2D eigenvalue weighted by Crippen LogP contribution is -2.10. The number of benzene rings is 2. The van der Waals surface area contributed by atoms with Gasteiger partial charge >= 0.3 is 0 Å². The van der Waals surface area contributed by atoms with Gasteiger partial charge in [-0.3, -0.25) is 0 Å². The van der Waals surface area contributed by atoms with Crippen molar-refractivity contribution >= 4 is 45.2 Å². The summed E-state index contributed by atoms with van der Waals surface area (Å²) in [6.07, 6.45) is 0. The van der Waals surface area contributed by atoms with E-state index in [4.69, 9.17) is 4.74 Å². The van der Waals surface area contributed by atoms with E-state index in [2.05, 4.69) is 108 Å². The third kappa shape index (κ3) is 4.35. The second-order valence-electron chi connectivity index (χ2n) is 5.81. The van der Waals surface area contributed by atoms with E-state index in [0.717, 1.165) is 9.32 Å². The predicted octanol–water partition coefficient (Wildman–Crippen LogP) is 5.77. The van der Waals surface area contributed by atoms with E-state index in [1.165, 1.54) is 14.7 Å². The molecule has 0 fully saturated rings. The molecule has 3 heteroatoms. The van der Waals surface area contributed by atoms with E-state index in [1.807, 2.05) is 0 Å². The topological polar surface area (TPSA) is 9.23 Å². The summed E-state index contributed by atoms with van der Waals surface area (Å²) in [5.41, 5.74) is 2.75. The molecule has 0 N–H and O–H groups in total. The summed E-state index contributed by atoms with van der Waals surface area (Å²) in [6.45, 7) is 7.30. The molecule has 0 aromatic heterocycles.